The van der Waals surface area contributed by atoms with Gasteiger partial charge < -0.3 is 19.8 Å². The lowest BCUT2D eigenvalue weighted by atomic mass is 10.0. The number of hydrogen-bond donors (Lipinski definition) is 3. The normalized spacial score (nSPS) is 14.5. The predicted molar refractivity (Wildman–Crippen MR) is 313 cm³/mol. The van der Waals surface area contributed by atoms with Gasteiger partial charge in [0, 0.05) is 6.42 Å². The number of unbranched alkanes of at least 4 members (excludes halogenated alkanes) is 29. The first-order valence-electron chi connectivity index (χ1n) is 30.0. The van der Waals surface area contributed by atoms with E-state index >= 15 is 0 Å². The Morgan fingerprint density at radius 2 is 0.847 bits per heavy atom. The molecule has 0 aromatic rings. The Morgan fingerprint density at radius 1 is 0.486 bits per heavy atom. The van der Waals surface area contributed by atoms with Gasteiger partial charge in [-0.2, -0.15) is 0 Å². The Bertz CT molecular complexity index is 1450. The molecule has 1 amide bonds. The lowest BCUT2D eigenvalue weighted by Gasteiger charge is -2.25. The summed E-state index contributed by atoms with van der Waals surface area (Å²) >= 11 is 0. The Hall–Kier alpha value is -2.32. The van der Waals surface area contributed by atoms with Gasteiger partial charge in [0.2, 0.25) is 5.91 Å². The van der Waals surface area contributed by atoms with E-state index in [1.165, 1.54) is 167 Å². The molecule has 0 radical (unpaired) electrons. The van der Waals surface area contributed by atoms with Crippen LogP contribution in [0.15, 0.2) is 85.1 Å². The number of phosphoric acid groups is 1. The van der Waals surface area contributed by atoms with Crippen molar-refractivity contribution in [3.8, 4) is 0 Å². The van der Waals surface area contributed by atoms with Crippen LogP contribution in [0.2, 0.25) is 0 Å². The molecule has 3 N–H and O–H groups in total. The zero-order valence-electron chi connectivity index (χ0n) is 47.7. The van der Waals surface area contributed by atoms with Crippen LogP contribution in [-0.2, 0) is 18.4 Å². The third-order valence-corrected chi connectivity index (χ3v) is 14.1. The number of rotatable bonds is 54. The predicted octanol–water partition coefficient (Wildman–Crippen LogP) is 18.4. The molecular weight excluding hydrogens is 912 g/mol. The van der Waals surface area contributed by atoms with E-state index in [9.17, 15) is 19.4 Å². The maximum absolute atomic E-state index is 13.0. The molecule has 0 aliphatic heterocycles. The van der Waals surface area contributed by atoms with Gasteiger partial charge in [0.05, 0.1) is 39.9 Å². The van der Waals surface area contributed by atoms with Gasteiger partial charge in [-0.1, -0.05) is 253 Å². The highest BCUT2D eigenvalue weighted by atomic mass is 31.2. The van der Waals surface area contributed by atoms with E-state index in [2.05, 4.69) is 92.1 Å². The Kier molecular flexibility index (Phi) is 51.8. The van der Waals surface area contributed by atoms with Crippen LogP contribution in [0.5, 0.6) is 0 Å². The van der Waals surface area contributed by atoms with Crippen LogP contribution in [0.3, 0.4) is 0 Å². The summed E-state index contributed by atoms with van der Waals surface area (Å²) in [6.45, 7) is 4.68. The van der Waals surface area contributed by atoms with E-state index in [4.69, 9.17) is 9.05 Å². The molecule has 0 fully saturated rings. The number of quaternary nitrogens is 1. The van der Waals surface area contributed by atoms with Gasteiger partial charge in [0.1, 0.15) is 13.2 Å². The zero-order valence-corrected chi connectivity index (χ0v) is 48.5. The van der Waals surface area contributed by atoms with Crippen LogP contribution < -0.4 is 5.32 Å². The highest BCUT2D eigenvalue weighted by molar-refractivity contribution is 7.47. The van der Waals surface area contributed by atoms with E-state index in [0.29, 0.717) is 17.4 Å². The van der Waals surface area contributed by atoms with Crippen LogP contribution in [0, 0.1) is 0 Å². The molecule has 3 atom stereocenters. The maximum atomic E-state index is 13.0. The van der Waals surface area contributed by atoms with Gasteiger partial charge in [-0.25, -0.2) is 4.57 Å². The summed E-state index contributed by atoms with van der Waals surface area (Å²) in [5, 5.41) is 13.9. The average Bonchev–Trinajstić information content (AvgIpc) is 3.34. The van der Waals surface area contributed by atoms with Gasteiger partial charge >= 0.3 is 7.82 Å². The van der Waals surface area contributed by atoms with Crippen LogP contribution in [-0.4, -0.2) is 73.4 Å². The fraction of sp³-hybridized carbons (Fsp3) is 0.762. The van der Waals surface area contributed by atoms with Gasteiger partial charge in [-0.15, -0.1) is 0 Å². The lowest BCUT2D eigenvalue weighted by Crippen LogP contribution is -2.45. The summed E-state index contributed by atoms with van der Waals surface area (Å²) in [4.78, 5) is 23.3. The third kappa shape index (κ3) is 55.4. The van der Waals surface area contributed by atoms with Crippen molar-refractivity contribution < 1.29 is 32.9 Å². The summed E-state index contributed by atoms with van der Waals surface area (Å²) in [5.41, 5.74) is 0. The monoisotopic (exact) mass is 1030 g/mol. The Balaban J connectivity index is 4.16. The topological polar surface area (TPSA) is 105 Å². The quantitative estimate of drug-likeness (QED) is 0.0243. The number of nitrogens with zero attached hydrogens (tertiary/aromatic N) is 1. The van der Waals surface area contributed by atoms with Gasteiger partial charge in [0.15, 0.2) is 0 Å². The van der Waals surface area contributed by atoms with Crippen LogP contribution in [0.1, 0.15) is 258 Å². The second kappa shape index (κ2) is 53.5. The van der Waals surface area contributed by atoms with Crippen LogP contribution >= 0.6 is 7.82 Å². The second-order valence-electron chi connectivity index (χ2n) is 21.3. The molecule has 0 rings (SSSR count). The molecule has 0 aromatic carbocycles. The van der Waals surface area contributed by atoms with Crippen molar-refractivity contribution >= 4 is 13.7 Å². The van der Waals surface area contributed by atoms with Crippen molar-refractivity contribution in [3.05, 3.63) is 85.1 Å². The number of carbonyl (C=O) groups is 1. The first-order valence-corrected chi connectivity index (χ1v) is 31.5. The Labute approximate surface area is 446 Å². The summed E-state index contributed by atoms with van der Waals surface area (Å²) in [6, 6.07) is -0.873. The molecule has 3 unspecified atom stereocenters. The number of hydrogen-bond acceptors (Lipinski definition) is 5. The molecule has 0 aromatic heterocycles. The molecule has 0 saturated heterocycles. The molecule has 0 bridgehead atoms. The molecule has 72 heavy (non-hydrogen) atoms. The minimum atomic E-state index is -4.36. The average molecular weight is 1030 g/mol. The molecular formula is C63H116N2O6P+. The van der Waals surface area contributed by atoms with Gasteiger partial charge in [-0.3, -0.25) is 13.8 Å². The highest BCUT2D eigenvalue weighted by Gasteiger charge is 2.27. The van der Waals surface area contributed by atoms with E-state index in [-0.39, 0.29) is 19.1 Å². The smallest absolute Gasteiger partial charge is 0.387 e. The van der Waals surface area contributed by atoms with Gasteiger partial charge in [0.25, 0.3) is 0 Å². The van der Waals surface area contributed by atoms with E-state index in [1.54, 1.807) is 6.08 Å². The first kappa shape index (κ1) is 69.7. The van der Waals surface area contributed by atoms with E-state index in [1.807, 2.05) is 27.2 Å². The lowest BCUT2D eigenvalue weighted by molar-refractivity contribution is -0.870. The number of phosphoric ester groups is 1. The minimum Gasteiger partial charge on any atom is -0.387 e. The van der Waals surface area contributed by atoms with E-state index in [0.717, 1.165) is 70.6 Å². The number of likely N-dealkylation sites (N-methyl/N-ethyl adjacent to an activating group) is 1. The minimum absolute atomic E-state index is 0.0516. The van der Waals surface area contributed by atoms with Crippen molar-refractivity contribution in [2.24, 2.45) is 0 Å². The van der Waals surface area contributed by atoms with Crippen molar-refractivity contribution in [1.29, 1.82) is 0 Å². The van der Waals surface area contributed by atoms with E-state index < -0.39 is 20.0 Å². The number of amides is 1. The molecule has 0 saturated carbocycles. The van der Waals surface area contributed by atoms with Crippen molar-refractivity contribution in [3.63, 3.8) is 0 Å². The van der Waals surface area contributed by atoms with Crippen molar-refractivity contribution in [2.75, 3.05) is 40.9 Å². The maximum Gasteiger partial charge on any atom is 0.472 e. The zero-order chi connectivity index (χ0) is 52.7. The summed E-state index contributed by atoms with van der Waals surface area (Å²) in [7, 11) is 1.55. The van der Waals surface area contributed by atoms with Crippen molar-refractivity contribution in [1.82, 2.24) is 5.32 Å². The number of nitrogens with one attached hydrogen (secondary N) is 1. The van der Waals surface area contributed by atoms with Crippen LogP contribution in [0.25, 0.3) is 0 Å². The molecule has 418 valence electrons. The van der Waals surface area contributed by atoms with Crippen LogP contribution in [0.4, 0.5) is 0 Å². The SMILES string of the molecule is CC/C=C\C/C=C\C/C=C\C/C=C\CCCCCCCCCCCCCCCCCCCCC(=O)NC(COP(=O)(O)OCC[N+](C)(C)C)C(O)/C=C/CC/C=C/CC/C=C/CCCCCCCCCCC. The number of aliphatic hydroxyl groups excluding tert-OH is 1. The summed E-state index contributed by atoms with van der Waals surface area (Å²) < 4.78 is 23.7. The van der Waals surface area contributed by atoms with Crippen molar-refractivity contribution in [2.45, 2.75) is 270 Å². The van der Waals surface area contributed by atoms with Gasteiger partial charge in [-0.05, 0) is 83.5 Å². The molecule has 0 aliphatic carbocycles. The molecule has 0 spiro atoms. The third-order valence-electron chi connectivity index (χ3n) is 13.1. The fourth-order valence-electron chi connectivity index (χ4n) is 8.42. The summed E-state index contributed by atoms with van der Waals surface area (Å²) in [5.74, 6) is -0.191. The molecule has 0 aliphatic rings. The largest absolute Gasteiger partial charge is 0.472 e. The molecule has 9 heteroatoms. The Morgan fingerprint density at radius 3 is 1.28 bits per heavy atom. The molecule has 0 heterocycles. The highest BCUT2D eigenvalue weighted by Crippen LogP contribution is 2.43. The number of carbonyl (C=O) groups excluding carboxylic acids is 1. The standard InChI is InChI=1S/C63H115N2O6P/c1-6-8-10-12-14-16-18-20-22-24-26-27-28-29-30-31-32-33-34-35-36-37-39-41-43-45-47-49-51-53-55-57-63(67)64-61(60-71-72(68,69)70-59-58-65(3,4)5)62(66)56-54-52-50-48-46-44-42-40-38-25-23-21-19-17-15-13-11-9-7-2/h8,10,14,16,20,22,26-27,38,40,46,48,54,56,61-62,66H,6-7,9,11-13,15,17-19,21,23-25,28-37,39,41-45,47,49-53,55,57-60H2,1-5H3,(H-,64,67,68,69)/p+1/b10-8-,16-14-,22-20-,27-26-,40-38+,48-46+,56-54+. The number of aliphatic hydroxyl groups is 1. The first-order chi connectivity index (χ1) is 35.0. The fourth-order valence-corrected chi connectivity index (χ4v) is 9.15. The second-order valence-corrected chi connectivity index (χ2v) is 22.8. The number of allylic oxidation sites excluding steroid dienone is 13. The summed E-state index contributed by atoms with van der Waals surface area (Å²) in [6.07, 6.45) is 75.5. The molecule has 8 nitrogen and oxygen atoms in total.